The maximum Gasteiger partial charge on any atom is 0.251 e. The molecule has 0 saturated carbocycles. The summed E-state index contributed by atoms with van der Waals surface area (Å²) in [7, 11) is 4.56. The number of methoxy groups -OCH3 is 3. The molecule has 0 saturated heterocycles. The van der Waals surface area contributed by atoms with Crippen molar-refractivity contribution in [3.05, 3.63) is 52.5 Å². The van der Waals surface area contributed by atoms with Crippen molar-refractivity contribution in [1.82, 2.24) is 10.6 Å². The molecule has 0 aliphatic rings. The molecule has 0 atom stereocenters. The van der Waals surface area contributed by atoms with E-state index in [0.29, 0.717) is 27.8 Å². The van der Waals surface area contributed by atoms with Gasteiger partial charge in [0, 0.05) is 17.1 Å². The van der Waals surface area contributed by atoms with Gasteiger partial charge in [-0.05, 0) is 42.0 Å². The van der Waals surface area contributed by atoms with Crippen LogP contribution in [-0.4, -0.2) is 39.7 Å². The van der Waals surface area contributed by atoms with E-state index in [1.54, 1.807) is 36.4 Å². The number of ether oxygens (including phenoxy) is 3. The fourth-order valence-corrected chi connectivity index (χ4v) is 2.49. The molecule has 27 heavy (non-hydrogen) atoms. The molecular weight excluding hydrogens is 372 g/mol. The first-order valence-corrected chi connectivity index (χ1v) is 8.45. The van der Waals surface area contributed by atoms with Crippen LogP contribution in [0.4, 0.5) is 0 Å². The first-order valence-electron chi connectivity index (χ1n) is 8.07. The first kappa shape index (κ1) is 20.4. The molecule has 0 aromatic heterocycles. The standard InChI is InChI=1S/C19H21ClN2O5/c1-25-15-8-12(9-16(26-2)18(15)27-3)10-21-17(23)11-22-19(24)13-4-6-14(20)7-5-13/h4-9H,10-11H2,1-3H3,(H,21,23)(H,22,24). The molecule has 0 bridgehead atoms. The van der Waals surface area contributed by atoms with E-state index in [1.807, 2.05) is 0 Å². The van der Waals surface area contributed by atoms with Crippen molar-refractivity contribution in [2.75, 3.05) is 27.9 Å². The fourth-order valence-electron chi connectivity index (χ4n) is 2.36. The Morgan fingerprint density at radius 2 is 1.52 bits per heavy atom. The Morgan fingerprint density at radius 1 is 0.926 bits per heavy atom. The van der Waals surface area contributed by atoms with Gasteiger partial charge in [-0.15, -0.1) is 0 Å². The number of hydrogen-bond donors (Lipinski definition) is 2. The Bertz CT molecular complexity index is 783. The smallest absolute Gasteiger partial charge is 0.251 e. The molecule has 0 aliphatic carbocycles. The van der Waals surface area contributed by atoms with Crippen molar-refractivity contribution in [2.45, 2.75) is 6.54 Å². The number of hydrogen-bond acceptors (Lipinski definition) is 5. The Kier molecular flexibility index (Phi) is 7.31. The zero-order valence-corrected chi connectivity index (χ0v) is 16.1. The number of amides is 2. The topological polar surface area (TPSA) is 85.9 Å². The molecule has 8 heteroatoms. The number of rotatable bonds is 8. The molecule has 0 radical (unpaired) electrons. The van der Waals surface area contributed by atoms with Crippen LogP contribution >= 0.6 is 11.6 Å². The lowest BCUT2D eigenvalue weighted by atomic mass is 10.1. The van der Waals surface area contributed by atoms with Gasteiger partial charge in [-0.3, -0.25) is 9.59 Å². The summed E-state index contributed by atoms with van der Waals surface area (Å²) in [5.74, 6) is 0.792. The molecule has 0 fully saturated rings. The van der Waals surface area contributed by atoms with Crippen molar-refractivity contribution in [1.29, 1.82) is 0 Å². The Labute approximate surface area is 162 Å². The Balaban J connectivity index is 1.91. The van der Waals surface area contributed by atoms with Gasteiger partial charge in [0.15, 0.2) is 11.5 Å². The normalized spacial score (nSPS) is 10.1. The van der Waals surface area contributed by atoms with Crippen molar-refractivity contribution in [3.63, 3.8) is 0 Å². The van der Waals surface area contributed by atoms with Crippen molar-refractivity contribution in [2.24, 2.45) is 0 Å². The monoisotopic (exact) mass is 392 g/mol. The largest absolute Gasteiger partial charge is 0.493 e. The molecular formula is C19H21ClN2O5. The predicted molar refractivity (Wildman–Crippen MR) is 102 cm³/mol. The highest BCUT2D eigenvalue weighted by molar-refractivity contribution is 6.30. The maximum atomic E-state index is 12.0. The summed E-state index contributed by atoms with van der Waals surface area (Å²) in [4.78, 5) is 24.0. The van der Waals surface area contributed by atoms with Crippen LogP contribution in [0.3, 0.4) is 0 Å². The number of halogens is 1. The summed E-state index contributed by atoms with van der Waals surface area (Å²) in [6.45, 7) is 0.0955. The summed E-state index contributed by atoms with van der Waals surface area (Å²) in [5.41, 5.74) is 1.19. The minimum Gasteiger partial charge on any atom is -0.493 e. The van der Waals surface area contributed by atoms with Gasteiger partial charge in [0.25, 0.3) is 5.91 Å². The van der Waals surface area contributed by atoms with Gasteiger partial charge in [-0.1, -0.05) is 11.6 Å². The second kappa shape index (κ2) is 9.68. The lowest BCUT2D eigenvalue weighted by Crippen LogP contribution is -2.36. The van der Waals surface area contributed by atoms with Crippen LogP contribution in [0.2, 0.25) is 5.02 Å². The van der Waals surface area contributed by atoms with Crippen LogP contribution in [0.25, 0.3) is 0 Å². The maximum absolute atomic E-state index is 12.0. The van der Waals surface area contributed by atoms with E-state index in [-0.39, 0.29) is 24.9 Å². The number of nitrogens with one attached hydrogen (secondary N) is 2. The number of carbonyl (C=O) groups excluding carboxylic acids is 2. The number of benzene rings is 2. The average molecular weight is 393 g/mol. The minimum atomic E-state index is -0.352. The van der Waals surface area contributed by atoms with E-state index in [1.165, 1.54) is 21.3 Å². The Hall–Kier alpha value is -2.93. The van der Waals surface area contributed by atoms with E-state index < -0.39 is 0 Å². The second-order valence-corrected chi connectivity index (χ2v) is 5.94. The first-order chi connectivity index (χ1) is 13.0. The van der Waals surface area contributed by atoms with Gasteiger partial charge in [0.2, 0.25) is 11.7 Å². The summed E-state index contributed by atoms with van der Waals surface area (Å²) in [6, 6.07) is 9.89. The highest BCUT2D eigenvalue weighted by Crippen LogP contribution is 2.38. The van der Waals surface area contributed by atoms with E-state index in [9.17, 15) is 9.59 Å². The van der Waals surface area contributed by atoms with E-state index in [0.717, 1.165) is 5.56 Å². The molecule has 144 valence electrons. The molecule has 0 spiro atoms. The zero-order valence-electron chi connectivity index (χ0n) is 15.3. The lowest BCUT2D eigenvalue weighted by molar-refractivity contribution is -0.120. The zero-order chi connectivity index (χ0) is 19.8. The molecule has 2 amide bonds. The van der Waals surface area contributed by atoms with E-state index in [2.05, 4.69) is 10.6 Å². The quantitative estimate of drug-likeness (QED) is 0.720. The third kappa shape index (κ3) is 5.52. The molecule has 2 aromatic rings. The molecule has 0 heterocycles. The molecule has 7 nitrogen and oxygen atoms in total. The van der Waals surface area contributed by atoms with Crippen molar-refractivity contribution >= 4 is 23.4 Å². The summed E-state index contributed by atoms with van der Waals surface area (Å²) >= 11 is 5.78. The second-order valence-electron chi connectivity index (χ2n) is 5.50. The highest BCUT2D eigenvalue weighted by Gasteiger charge is 2.14. The summed E-state index contributed by atoms with van der Waals surface area (Å²) < 4.78 is 15.8. The van der Waals surface area contributed by atoms with Gasteiger partial charge in [0.1, 0.15) is 0 Å². The van der Waals surface area contributed by atoms with Crippen LogP contribution in [-0.2, 0) is 11.3 Å². The van der Waals surface area contributed by atoms with Gasteiger partial charge in [-0.2, -0.15) is 0 Å². The fraction of sp³-hybridized carbons (Fsp3) is 0.263. The van der Waals surface area contributed by atoms with Crippen molar-refractivity contribution < 1.29 is 23.8 Å². The molecule has 2 N–H and O–H groups in total. The molecule has 2 rings (SSSR count). The number of carbonyl (C=O) groups is 2. The van der Waals surface area contributed by atoms with Gasteiger partial charge >= 0.3 is 0 Å². The SMILES string of the molecule is COc1cc(CNC(=O)CNC(=O)c2ccc(Cl)cc2)cc(OC)c1OC. The van der Waals surface area contributed by atoms with Crippen LogP contribution in [0.1, 0.15) is 15.9 Å². The Morgan fingerprint density at radius 3 is 2.04 bits per heavy atom. The van der Waals surface area contributed by atoms with E-state index in [4.69, 9.17) is 25.8 Å². The van der Waals surface area contributed by atoms with Crippen LogP contribution in [0.5, 0.6) is 17.2 Å². The minimum absolute atomic E-state index is 0.147. The molecule has 2 aromatic carbocycles. The van der Waals surface area contributed by atoms with Crippen molar-refractivity contribution in [3.8, 4) is 17.2 Å². The molecule has 0 unspecified atom stereocenters. The highest BCUT2D eigenvalue weighted by atomic mass is 35.5. The van der Waals surface area contributed by atoms with Crippen LogP contribution in [0.15, 0.2) is 36.4 Å². The predicted octanol–water partition coefficient (Wildman–Crippen LogP) is 2.41. The summed E-state index contributed by atoms with van der Waals surface area (Å²) in [5, 5.41) is 5.82. The van der Waals surface area contributed by atoms with Gasteiger partial charge < -0.3 is 24.8 Å². The van der Waals surface area contributed by atoms with Gasteiger partial charge in [0.05, 0.1) is 27.9 Å². The van der Waals surface area contributed by atoms with Crippen LogP contribution in [0, 0.1) is 0 Å². The lowest BCUT2D eigenvalue weighted by Gasteiger charge is -2.14. The van der Waals surface area contributed by atoms with Gasteiger partial charge in [-0.25, -0.2) is 0 Å². The third-order valence-electron chi connectivity index (χ3n) is 3.73. The summed E-state index contributed by atoms with van der Waals surface area (Å²) in [6.07, 6.45) is 0. The third-order valence-corrected chi connectivity index (χ3v) is 3.98. The molecule has 0 aliphatic heterocycles. The van der Waals surface area contributed by atoms with Crippen LogP contribution < -0.4 is 24.8 Å². The average Bonchev–Trinajstić information content (AvgIpc) is 2.69. The van der Waals surface area contributed by atoms with E-state index >= 15 is 0 Å².